The van der Waals surface area contributed by atoms with Crippen LogP contribution in [-0.2, 0) is 0 Å². The number of para-hydroxylation sites is 1. The SMILES string of the molecule is Cc1cc(NC(=O)N2CCC(c3nc(-c4ccccc4[N+](=O)[O-])cs3)CC2)c([N+](=O)[O-])cc1C. The van der Waals surface area contributed by atoms with Crippen molar-refractivity contribution in [3.05, 3.63) is 78.1 Å². The van der Waals surface area contributed by atoms with Crippen LogP contribution in [0, 0.1) is 34.1 Å². The summed E-state index contributed by atoms with van der Waals surface area (Å²) in [5, 5.41) is 28.1. The number of carbonyl (C=O) groups excluding carboxylic acids is 1. The van der Waals surface area contributed by atoms with E-state index < -0.39 is 9.85 Å². The molecule has 0 unspecified atom stereocenters. The molecule has 3 aromatic rings. The summed E-state index contributed by atoms with van der Waals surface area (Å²) in [5.41, 5.74) is 2.79. The lowest BCUT2D eigenvalue weighted by atomic mass is 9.97. The molecule has 0 saturated carbocycles. The molecule has 11 heteroatoms. The van der Waals surface area contributed by atoms with Crippen LogP contribution in [0.1, 0.15) is 34.9 Å². The number of hydrogen-bond donors (Lipinski definition) is 1. The Balaban J connectivity index is 1.42. The zero-order chi connectivity index (χ0) is 24.4. The number of nitrogens with zero attached hydrogens (tertiary/aromatic N) is 4. The Hall–Kier alpha value is -3.86. The Bertz CT molecular complexity index is 1270. The highest BCUT2D eigenvalue weighted by Gasteiger charge is 2.28. The number of anilines is 1. The highest BCUT2D eigenvalue weighted by atomic mass is 32.1. The van der Waals surface area contributed by atoms with E-state index >= 15 is 0 Å². The first-order chi connectivity index (χ1) is 16.2. The van der Waals surface area contributed by atoms with Crippen LogP contribution in [0.25, 0.3) is 11.3 Å². The molecule has 176 valence electrons. The van der Waals surface area contributed by atoms with E-state index in [4.69, 9.17) is 0 Å². The molecular formula is C23H23N5O5S. The Kier molecular flexibility index (Phi) is 6.55. The van der Waals surface area contributed by atoms with Gasteiger partial charge in [0.15, 0.2) is 0 Å². The quantitative estimate of drug-likeness (QED) is 0.370. The minimum atomic E-state index is -0.495. The average molecular weight is 482 g/mol. The van der Waals surface area contributed by atoms with Gasteiger partial charge in [-0.2, -0.15) is 0 Å². The average Bonchev–Trinajstić information content (AvgIpc) is 3.31. The van der Waals surface area contributed by atoms with Crippen LogP contribution in [0.5, 0.6) is 0 Å². The fourth-order valence-corrected chi connectivity index (χ4v) is 5.02. The van der Waals surface area contributed by atoms with Crippen LogP contribution in [0.2, 0.25) is 0 Å². The van der Waals surface area contributed by atoms with Crippen molar-refractivity contribution in [3.8, 4) is 11.3 Å². The number of benzene rings is 2. The number of likely N-dealkylation sites (tertiary alicyclic amines) is 1. The second-order valence-electron chi connectivity index (χ2n) is 8.25. The fraction of sp³-hybridized carbons (Fsp3) is 0.304. The normalized spacial score (nSPS) is 14.1. The predicted octanol–water partition coefficient (Wildman–Crippen LogP) is 5.65. The van der Waals surface area contributed by atoms with Crippen molar-refractivity contribution in [2.75, 3.05) is 18.4 Å². The number of nitro benzene ring substituents is 2. The third-order valence-electron chi connectivity index (χ3n) is 6.08. The largest absolute Gasteiger partial charge is 0.324 e. The molecular weight excluding hydrogens is 458 g/mol. The van der Waals surface area contributed by atoms with Crippen LogP contribution >= 0.6 is 11.3 Å². The molecule has 2 heterocycles. The van der Waals surface area contributed by atoms with Crippen LogP contribution in [0.15, 0.2) is 41.8 Å². The van der Waals surface area contributed by atoms with Crippen LogP contribution in [0.4, 0.5) is 21.9 Å². The van der Waals surface area contributed by atoms with Gasteiger partial charge < -0.3 is 10.2 Å². The maximum atomic E-state index is 12.8. The number of amides is 2. The van der Waals surface area contributed by atoms with E-state index in [0.29, 0.717) is 37.2 Å². The summed E-state index contributed by atoms with van der Waals surface area (Å²) in [5.74, 6) is 0.140. The van der Waals surface area contributed by atoms with Crippen molar-refractivity contribution in [2.24, 2.45) is 0 Å². The lowest BCUT2D eigenvalue weighted by molar-refractivity contribution is -0.384. The molecule has 0 spiro atoms. The van der Waals surface area contributed by atoms with E-state index in [0.717, 1.165) is 16.1 Å². The predicted molar refractivity (Wildman–Crippen MR) is 129 cm³/mol. The number of thiazole rings is 1. The molecule has 1 N–H and O–H groups in total. The van der Waals surface area contributed by atoms with Gasteiger partial charge in [-0.25, -0.2) is 9.78 Å². The number of nitro groups is 2. The van der Waals surface area contributed by atoms with Crippen molar-refractivity contribution in [1.29, 1.82) is 0 Å². The van der Waals surface area contributed by atoms with E-state index in [1.807, 2.05) is 12.3 Å². The highest BCUT2D eigenvalue weighted by Crippen LogP contribution is 2.36. The molecule has 1 aromatic heterocycles. The van der Waals surface area contributed by atoms with Crippen molar-refractivity contribution in [2.45, 2.75) is 32.6 Å². The van der Waals surface area contributed by atoms with Gasteiger partial charge >= 0.3 is 6.03 Å². The summed E-state index contributed by atoms with van der Waals surface area (Å²) in [7, 11) is 0. The second kappa shape index (κ2) is 9.56. The summed E-state index contributed by atoms with van der Waals surface area (Å²) in [6.45, 7) is 4.59. The van der Waals surface area contributed by atoms with Crippen molar-refractivity contribution >= 4 is 34.4 Å². The number of aryl methyl sites for hydroxylation is 2. The van der Waals surface area contributed by atoms with Gasteiger partial charge in [-0.1, -0.05) is 12.1 Å². The van der Waals surface area contributed by atoms with E-state index in [2.05, 4.69) is 10.3 Å². The number of carbonyl (C=O) groups is 1. The maximum absolute atomic E-state index is 12.8. The molecule has 1 aliphatic heterocycles. The fourth-order valence-electron chi connectivity index (χ4n) is 4.02. The van der Waals surface area contributed by atoms with Crippen molar-refractivity contribution in [1.82, 2.24) is 9.88 Å². The molecule has 10 nitrogen and oxygen atoms in total. The smallest absolute Gasteiger partial charge is 0.322 e. The van der Waals surface area contributed by atoms with Gasteiger partial charge in [-0.3, -0.25) is 20.2 Å². The van der Waals surface area contributed by atoms with Gasteiger partial charge in [-0.05, 0) is 49.9 Å². The minimum absolute atomic E-state index is 0.0197. The second-order valence-corrected chi connectivity index (χ2v) is 9.14. The van der Waals surface area contributed by atoms with Crippen LogP contribution < -0.4 is 5.32 Å². The van der Waals surface area contributed by atoms with Gasteiger partial charge in [0, 0.05) is 36.5 Å². The number of rotatable bonds is 5. The molecule has 0 bridgehead atoms. The summed E-state index contributed by atoms with van der Waals surface area (Å²) in [6, 6.07) is 9.25. The van der Waals surface area contributed by atoms with Gasteiger partial charge in [0.05, 0.1) is 26.1 Å². The van der Waals surface area contributed by atoms with Gasteiger partial charge in [0.25, 0.3) is 11.4 Å². The van der Waals surface area contributed by atoms with Crippen LogP contribution in [0.3, 0.4) is 0 Å². The molecule has 2 aromatic carbocycles. The third-order valence-corrected chi connectivity index (χ3v) is 7.09. The van der Waals surface area contributed by atoms with E-state index in [9.17, 15) is 25.0 Å². The monoisotopic (exact) mass is 481 g/mol. The lowest BCUT2D eigenvalue weighted by Gasteiger charge is -2.31. The molecule has 4 rings (SSSR count). The number of nitrogens with one attached hydrogen (secondary N) is 1. The third kappa shape index (κ3) is 4.74. The van der Waals surface area contributed by atoms with Crippen molar-refractivity contribution < 1.29 is 14.6 Å². The van der Waals surface area contributed by atoms with E-state index in [-0.39, 0.29) is 29.0 Å². The highest BCUT2D eigenvalue weighted by molar-refractivity contribution is 7.10. The van der Waals surface area contributed by atoms with E-state index in [1.165, 1.54) is 23.5 Å². The van der Waals surface area contributed by atoms with Gasteiger partial charge in [-0.15, -0.1) is 11.3 Å². The van der Waals surface area contributed by atoms with E-state index in [1.54, 1.807) is 36.1 Å². The number of hydrogen-bond acceptors (Lipinski definition) is 7. The molecule has 1 aliphatic rings. The number of aromatic nitrogens is 1. The molecule has 1 saturated heterocycles. The topological polar surface area (TPSA) is 132 Å². The zero-order valence-electron chi connectivity index (χ0n) is 18.7. The van der Waals surface area contributed by atoms with Gasteiger partial charge in [0.2, 0.25) is 0 Å². The first-order valence-electron chi connectivity index (χ1n) is 10.8. The summed E-state index contributed by atoms with van der Waals surface area (Å²) in [6.07, 6.45) is 1.37. The Labute approximate surface area is 199 Å². The number of urea groups is 1. The molecule has 1 fully saturated rings. The molecule has 0 radical (unpaired) electrons. The Morgan fingerprint density at radius 3 is 2.38 bits per heavy atom. The standard InChI is InChI=1S/C23H23N5O5S/c1-14-11-18(21(28(32)33)12-15(14)2)25-23(29)26-9-7-16(8-10-26)22-24-19(13-34-22)17-5-3-4-6-20(17)27(30)31/h3-6,11-13,16H,7-10H2,1-2H3,(H,25,29). The number of piperidine rings is 1. The molecule has 0 atom stereocenters. The minimum Gasteiger partial charge on any atom is -0.324 e. The zero-order valence-corrected chi connectivity index (χ0v) is 19.5. The first kappa shape index (κ1) is 23.3. The Morgan fingerprint density at radius 1 is 1.06 bits per heavy atom. The maximum Gasteiger partial charge on any atom is 0.322 e. The molecule has 2 amide bonds. The summed E-state index contributed by atoms with van der Waals surface area (Å²) >= 11 is 1.46. The Morgan fingerprint density at radius 2 is 1.71 bits per heavy atom. The van der Waals surface area contributed by atoms with Gasteiger partial charge in [0.1, 0.15) is 5.69 Å². The molecule has 0 aliphatic carbocycles. The summed E-state index contributed by atoms with van der Waals surface area (Å²) in [4.78, 5) is 40.9. The first-order valence-corrected chi connectivity index (χ1v) is 11.6. The lowest BCUT2D eigenvalue weighted by Crippen LogP contribution is -2.40. The molecule has 34 heavy (non-hydrogen) atoms. The van der Waals surface area contributed by atoms with Crippen LogP contribution in [-0.4, -0.2) is 38.9 Å². The van der Waals surface area contributed by atoms with Crippen molar-refractivity contribution in [3.63, 3.8) is 0 Å². The summed E-state index contributed by atoms with van der Waals surface area (Å²) < 4.78 is 0.